The standard InChI is InChI=1S/C19H26N2O2S/c22-17(11-16-5-10-24-13-16)21-9-7-19(14-21)6-2-8-20(18(19)23)12-15-3-1-4-15/h5,10,13,15H,1-4,6-9,11-12,14H2/t19-/m0/s1. The normalized spacial score (nSPS) is 27.8. The number of piperidine rings is 1. The first-order valence-corrected chi connectivity index (χ1v) is 10.2. The molecule has 5 heteroatoms. The zero-order valence-corrected chi connectivity index (χ0v) is 15.0. The maximum Gasteiger partial charge on any atom is 0.230 e. The molecule has 3 aliphatic rings. The summed E-state index contributed by atoms with van der Waals surface area (Å²) in [4.78, 5) is 29.7. The van der Waals surface area contributed by atoms with Crippen molar-refractivity contribution < 1.29 is 9.59 Å². The molecule has 0 N–H and O–H groups in total. The Labute approximate surface area is 147 Å². The van der Waals surface area contributed by atoms with E-state index in [0.717, 1.165) is 50.4 Å². The third-order valence-electron chi connectivity index (χ3n) is 6.17. The van der Waals surface area contributed by atoms with Crippen molar-refractivity contribution in [2.45, 2.75) is 44.9 Å². The molecule has 2 aliphatic heterocycles. The third-order valence-corrected chi connectivity index (χ3v) is 6.90. The highest BCUT2D eigenvalue weighted by Gasteiger charge is 2.49. The lowest BCUT2D eigenvalue weighted by molar-refractivity contribution is -0.147. The van der Waals surface area contributed by atoms with Crippen LogP contribution in [0.5, 0.6) is 0 Å². The molecule has 0 aromatic carbocycles. The van der Waals surface area contributed by atoms with E-state index in [4.69, 9.17) is 0 Å². The van der Waals surface area contributed by atoms with Gasteiger partial charge in [-0.2, -0.15) is 11.3 Å². The molecule has 4 rings (SSSR count). The Kier molecular flexibility index (Phi) is 4.37. The van der Waals surface area contributed by atoms with Crippen molar-refractivity contribution in [3.05, 3.63) is 22.4 Å². The molecule has 130 valence electrons. The Hall–Kier alpha value is -1.36. The molecule has 0 unspecified atom stereocenters. The fraction of sp³-hybridized carbons (Fsp3) is 0.684. The Morgan fingerprint density at radius 3 is 2.83 bits per heavy atom. The number of carbonyl (C=O) groups excluding carboxylic acids is 2. The van der Waals surface area contributed by atoms with Crippen LogP contribution in [0.3, 0.4) is 0 Å². The van der Waals surface area contributed by atoms with Crippen LogP contribution in [0.1, 0.15) is 44.1 Å². The minimum atomic E-state index is -0.285. The number of nitrogens with zero attached hydrogens (tertiary/aromatic N) is 2. The van der Waals surface area contributed by atoms with Gasteiger partial charge in [0.2, 0.25) is 11.8 Å². The van der Waals surface area contributed by atoms with E-state index in [2.05, 4.69) is 4.90 Å². The summed E-state index contributed by atoms with van der Waals surface area (Å²) in [6.07, 6.45) is 7.24. The number of hydrogen-bond acceptors (Lipinski definition) is 3. The molecule has 3 fully saturated rings. The summed E-state index contributed by atoms with van der Waals surface area (Å²) in [6.45, 7) is 3.24. The highest BCUT2D eigenvalue weighted by molar-refractivity contribution is 7.08. The lowest BCUT2D eigenvalue weighted by atomic mass is 9.77. The Bertz CT molecular complexity index is 611. The predicted molar refractivity (Wildman–Crippen MR) is 94.8 cm³/mol. The van der Waals surface area contributed by atoms with Gasteiger partial charge in [0.15, 0.2) is 0 Å². The van der Waals surface area contributed by atoms with E-state index in [0.29, 0.717) is 18.9 Å². The summed E-state index contributed by atoms with van der Waals surface area (Å²) in [5, 5.41) is 4.05. The zero-order valence-electron chi connectivity index (χ0n) is 14.2. The molecule has 3 heterocycles. The van der Waals surface area contributed by atoms with Crippen LogP contribution in [0, 0.1) is 11.3 Å². The van der Waals surface area contributed by atoms with E-state index in [1.54, 1.807) is 11.3 Å². The van der Waals surface area contributed by atoms with Gasteiger partial charge in [-0.05, 0) is 60.4 Å². The van der Waals surface area contributed by atoms with Gasteiger partial charge in [-0.1, -0.05) is 6.42 Å². The van der Waals surface area contributed by atoms with Crippen LogP contribution < -0.4 is 0 Å². The molecule has 4 nitrogen and oxygen atoms in total. The molecular formula is C19H26N2O2S. The monoisotopic (exact) mass is 346 g/mol. The number of rotatable bonds is 4. The number of carbonyl (C=O) groups is 2. The molecule has 24 heavy (non-hydrogen) atoms. The van der Waals surface area contributed by atoms with Crippen LogP contribution in [0.15, 0.2) is 16.8 Å². The molecule has 0 bridgehead atoms. The first-order chi connectivity index (χ1) is 11.7. The van der Waals surface area contributed by atoms with Crippen molar-refractivity contribution in [2.24, 2.45) is 11.3 Å². The maximum atomic E-state index is 13.1. The Morgan fingerprint density at radius 2 is 2.12 bits per heavy atom. The summed E-state index contributed by atoms with van der Waals surface area (Å²) >= 11 is 1.63. The van der Waals surface area contributed by atoms with E-state index in [1.807, 2.05) is 21.7 Å². The van der Waals surface area contributed by atoms with Gasteiger partial charge in [-0.25, -0.2) is 0 Å². The lowest BCUT2D eigenvalue weighted by Crippen LogP contribution is -2.52. The Morgan fingerprint density at radius 1 is 1.25 bits per heavy atom. The summed E-state index contributed by atoms with van der Waals surface area (Å²) in [5.74, 6) is 1.22. The molecule has 0 radical (unpaired) electrons. The van der Waals surface area contributed by atoms with Crippen molar-refractivity contribution in [3.8, 4) is 0 Å². The van der Waals surface area contributed by atoms with Crippen molar-refractivity contribution in [3.63, 3.8) is 0 Å². The molecule has 1 spiro atoms. The van der Waals surface area contributed by atoms with Gasteiger partial charge in [0.1, 0.15) is 0 Å². The van der Waals surface area contributed by atoms with Gasteiger partial charge in [-0.3, -0.25) is 9.59 Å². The van der Waals surface area contributed by atoms with Gasteiger partial charge < -0.3 is 9.80 Å². The number of likely N-dealkylation sites (tertiary alicyclic amines) is 2. The summed E-state index contributed by atoms with van der Waals surface area (Å²) < 4.78 is 0. The second-order valence-electron chi connectivity index (χ2n) is 7.81. The largest absolute Gasteiger partial charge is 0.342 e. The average Bonchev–Trinajstić information content (AvgIpc) is 3.18. The van der Waals surface area contributed by atoms with E-state index in [9.17, 15) is 9.59 Å². The van der Waals surface area contributed by atoms with E-state index in [-0.39, 0.29) is 11.3 Å². The molecule has 2 saturated heterocycles. The number of thiophene rings is 1. The molecule has 1 atom stereocenters. The molecule has 1 aromatic rings. The van der Waals surface area contributed by atoms with Crippen molar-refractivity contribution in [1.29, 1.82) is 0 Å². The van der Waals surface area contributed by atoms with Crippen LogP contribution in [0.4, 0.5) is 0 Å². The third kappa shape index (κ3) is 2.99. The van der Waals surface area contributed by atoms with Gasteiger partial charge >= 0.3 is 0 Å². The smallest absolute Gasteiger partial charge is 0.230 e. The van der Waals surface area contributed by atoms with E-state index < -0.39 is 0 Å². The highest BCUT2D eigenvalue weighted by Crippen LogP contribution is 2.41. The molecular weight excluding hydrogens is 320 g/mol. The SMILES string of the molecule is O=C(Cc1ccsc1)N1CC[C@@]2(CCCN(CC3CCC3)C2=O)C1. The molecule has 1 aromatic heterocycles. The minimum absolute atomic E-state index is 0.175. The number of amides is 2. The predicted octanol–water partition coefficient (Wildman–Crippen LogP) is 2.93. The molecule has 2 amide bonds. The van der Waals surface area contributed by atoms with E-state index >= 15 is 0 Å². The molecule has 1 aliphatic carbocycles. The summed E-state index contributed by atoms with van der Waals surface area (Å²) in [7, 11) is 0. The quantitative estimate of drug-likeness (QED) is 0.841. The van der Waals surface area contributed by atoms with Gasteiger partial charge in [0, 0.05) is 26.2 Å². The first kappa shape index (κ1) is 16.1. The van der Waals surface area contributed by atoms with Crippen LogP contribution in [-0.2, 0) is 16.0 Å². The zero-order chi connectivity index (χ0) is 16.6. The van der Waals surface area contributed by atoms with Crippen molar-refractivity contribution >= 4 is 23.2 Å². The fourth-order valence-corrected chi connectivity index (χ4v) is 5.13. The topological polar surface area (TPSA) is 40.6 Å². The first-order valence-electron chi connectivity index (χ1n) is 9.24. The van der Waals surface area contributed by atoms with Gasteiger partial charge in [0.25, 0.3) is 0 Å². The highest BCUT2D eigenvalue weighted by atomic mass is 32.1. The maximum absolute atomic E-state index is 13.1. The lowest BCUT2D eigenvalue weighted by Gasteiger charge is -2.42. The van der Waals surface area contributed by atoms with Crippen LogP contribution >= 0.6 is 11.3 Å². The van der Waals surface area contributed by atoms with Crippen LogP contribution in [0.25, 0.3) is 0 Å². The molecule has 1 saturated carbocycles. The average molecular weight is 346 g/mol. The minimum Gasteiger partial charge on any atom is -0.342 e. The second kappa shape index (κ2) is 6.51. The number of hydrogen-bond donors (Lipinski definition) is 0. The summed E-state index contributed by atoms with van der Waals surface area (Å²) in [5.41, 5.74) is 0.805. The summed E-state index contributed by atoms with van der Waals surface area (Å²) in [6, 6.07) is 2.01. The van der Waals surface area contributed by atoms with Gasteiger partial charge in [-0.15, -0.1) is 0 Å². The van der Waals surface area contributed by atoms with Crippen molar-refractivity contribution in [2.75, 3.05) is 26.2 Å². The second-order valence-corrected chi connectivity index (χ2v) is 8.59. The van der Waals surface area contributed by atoms with Crippen LogP contribution in [0.2, 0.25) is 0 Å². The Balaban J connectivity index is 1.39. The van der Waals surface area contributed by atoms with E-state index in [1.165, 1.54) is 19.3 Å². The van der Waals surface area contributed by atoms with Crippen molar-refractivity contribution in [1.82, 2.24) is 9.80 Å². The fourth-order valence-electron chi connectivity index (χ4n) is 4.46. The van der Waals surface area contributed by atoms with Gasteiger partial charge in [0.05, 0.1) is 11.8 Å². The van der Waals surface area contributed by atoms with Crippen LogP contribution in [-0.4, -0.2) is 47.8 Å².